The smallest absolute Gasteiger partial charge is 0.164 e. The van der Waals surface area contributed by atoms with Gasteiger partial charge in [0.25, 0.3) is 0 Å². The molecule has 3 aromatic heterocycles. The van der Waals surface area contributed by atoms with Crippen LogP contribution in [0.5, 0.6) is 0 Å². The maximum Gasteiger partial charge on any atom is 0.164 e. The van der Waals surface area contributed by atoms with Crippen molar-refractivity contribution < 1.29 is 14.9 Å². The lowest BCUT2D eigenvalue weighted by Crippen LogP contribution is -2.52. The average molecular weight is 577 g/mol. The van der Waals surface area contributed by atoms with E-state index in [1.54, 1.807) is 10.8 Å². The summed E-state index contributed by atoms with van der Waals surface area (Å²) in [6, 6.07) is 7.21. The van der Waals surface area contributed by atoms with Gasteiger partial charge in [-0.1, -0.05) is 26.8 Å². The van der Waals surface area contributed by atoms with Crippen molar-refractivity contribution in [3.8, 4) is 0 Å². The summed E-state index contributed by atoms with van der Waals surface area (Å²) in [7, 11) is 0. The van der Waals surface area contributed by atoms with Gasteiger partial charge in [0.2, 0.25) is 0 Å². The highest BCUT2D eigenvalue weighted by Crippen LogP contribution is 2.39. The third-order valence-electron chi connectivity index (χ3n) is 9.20. The third-order valence-corrected chi connectivity index (χ3v) is 9.20. The highest BCUT2D eigenvalue weighted by Gasteiger charge is 2.46. The topological polar surface area (TPSA) is 164 Å². The summed E-state index contributed by atoms with van der Waals surface area (Å²) in [6.07, 6.45) is 3.64. The van der Waals surface area contributed by atoms with Crippen molar-refractivity contribution in [2.45, 2.75) is 102 Å². The first-order chi connectivity index (χ1) is 19.9. The van der Waals surface area contributed by atoms with E-state index in [0.717, 1.165) is 42.5 Å². The second-order valence-corrected chi connectivity index (χ2v) is 13.5. The fraction of sp³-hybridized carbons (Fsp3) is 0.581. The van der Waals surface area contributed by atoms with Crippen LogP contribution in [0.15, 0.2) is 30.7 Å². The minimum absolute atomic E-state index is 0.100. The van der Waals surface area contributed by atoms with Crippen LogP contribution < -0.4 is 11.5 Å². The lowest BCUT2D eigenvalue weighted by Gasteiger charge is -2.46. The second kappa shape index (κ2) is 10.8. The SMILES string of the molecule is CC(C)N(C[C@H]1O[C@@H](n2cc(N)c3c(N)ncnc32)[C@H](O)[C@@H]1O)[C@H]1C[C@@H](CCc2nc3cc(C(C)(C)C)ccc3[nH]2)C1. The molecule has 0 unspecified atom stereocenters. The van der Waals surface area contributed by atoms with Crippen molar-refractivity contribution in [1.29, 1.82) is 0 Å². The average Bonchev–Trinajstić information content (AvgIpc) is 3.55. The van der Waals surface area contributed by atoms with Gasteiger partial charge in [-0.05, 0) is 62.1 Å². The molecule has 0 amide bonds. The normalized spacial score (nSPS) is 26.6. The van der Waals surface area contributed by atoms with Gasteiger partial charge in [0.15, 0.2) is 6.23 Å². The number of ether oxygens (including phenoxy) is 1. The van der Waals surface area contributed by atoms with Crippen LogP contribution in [0.3, 0.4) is 0 Å². The largest absolute Gasteiger partial charge is 0.397 e. The number of H-pyrrole nitrogens is 1. The summed E-state index contributed by atoms with van der Waals surface area (Å²) in [5.74, 6) is 1.94. The van der Waals surface area contributed by atoms with Gasteiger partial charge in [0, 0.05) is 31.2 Å². The Bertz CT molecular complexity index is 1570. The number of aliphatic hydroxyl groups excluding tert-OH is 2. The molecule has 1 aromatic carbocycles. The molecular formula is C31H44N8O3. The molecule has 42 heavy (non-hydrogen) atoms. The zero-order chi connectivity index (χ0) is 29.9. The number of nitrogen functional groups attached to an aromatic ring is 2. The zero-order valence-corrected chi connectivity index (χ0v) is 25.2. The van der Waals surface area contributed by atoms with Crippen LogP contribution in [0, 0.1) is 5.92 Å². The molecule has 2 aliphatic rings. The predicted octanol–water partition coefficient (Wildman–Crippen LogP) is 3.51. The van der Waals surface area contributed by atoms with Crippen LogP contribution in [0.2, 0.25) is 0 Å². The summed E-state index contributed by atoms with van der Waals surface area (Å²) < 4.78 is 7.93. The standard InChI is InChI=1S/C31H44N8O3/c1-16(2)38(14-23-26(40)27(41)30(42-23)39-13-20(32)25-28(33)34-15-35-29(25)39)19-10-17(11-19)6-9-24-36-21-8-7-18(31(3,4)5)12-22(21)37-24/h7-8,12-13,15-17,19,23,26-27,30,40-41H,6,9-11,14,32H2,1-5H3,(H,36,37)(H2,33,34,35)/t17-,19+,23-,26-,27-,30-/m1/s1. The lowest BCUT2D eigenvalue weighted by atomic mass is 9.76. The van der Waals surface area contributed by atoms with E-state index in [2.05, 4.69) is 72.7 Å². The van der Waals surface area contributed by atoms with Gasteiger partial charge in [0.05, 0.1) is 22.1 Å². The fourth-order valence-electron chi connectivity index (χ4n) is 6.62. The Morgan fingerprint density at radius 1 is 1.14 bits per heavy atom. The number of nitrogens with zero attached hydrogens (tertiary/aromatic N) is 5. The first-order valence-electron chi connectivity index (χ1n) is 15.0. The molecule has 4 aromatic rings. The van der Waals surface area contributed by atoms with Gasteiger partial charge in [-0.2, -0.15) is 0 Å². The van der Waals surface area contributed by atoms with E-state index in [-0.39, 0.29) is 17.3 Å². The minimum atomic E-state index is -1.13. The number of nitrogens with two attached hydrogens (primary N) is 2. The molecule has 6 rings (SSSR count). The van der Waals surface area contributed by atoms with Crippen molar-refractivity contribution in [3.05, 3.63) is 42.1 Å². The van der Waals surface area contributed by atoms with Crippen molar-refractivity contribution in [2.24, 2.45) is 5.92 Å². The van der Waals surface area contributed by atoms with E-state index in [1.165, 1.54) is 11.9 Å². The van der Waals surface area contributed by atoms with E-state index in [9.17, 15) is 10.2 Å². The molecule has 7 N–H and O–H groups in total. The lowest BCUT2D eigenvalue weighted by molar-refractivity contribution is -0.0618. The molecule has 226 valence electrons. The van der Waals surface area contributed by atoms with Crippen LogP contribution >= 0.6 is 0 Å². The van der Waals surface area contributed by atoms with E-state index < -0.39 is 24.5 Å². The number of rotatable bonds is 8. The van der Waals surface area contributed by atoms with E-state index in [1.807, 2.05) is 0 Å². The number of fused-ring (bicyclic) bond motifs is 2. The van der Waals surface area contributed by atoms with Crippen LogP contribution in [-0.2, 0) is 16.6 Å². The van der Waals surface area contributed by atoms with Crippen molar-refractivity contribution in [1.82, 2.24) is 29.4 Å². The summed E-state index contributed by atoms with van der Waals surface area (Å²) in [4.78, 5) is 19.1. The monoisotopic (exact) mass is 576 g/mol. The number of benzene rings is 1. The van der Waals surface area contributed by atoms with Crippen molar-refractivity contribution >= 4 is 33.6 Å². The van der Waals surface area contributed by atoms with Gasteiger partial charge >= 0.3 is 0 Å². The van der Waals surface area contributed by atoms with Crippen LogP contribution in [0.4, 0.5) is 11.5 Å². The second-order valence-electron chi connectivity index (χ2n) is 13.5. The van der Waals surface area contributed by atoms with E-state index in [4.69, 9.17) is 21.2 Å². The molecule has 1 aliphatic carbocycles. The van der Waals surface area contributed by atoms with Gasteiger partial charge in [0.1, 0.15) is 41.9 Å². The fourth-order valence-corrected chi connectivity index (χ4v) is 6.62. The summed E-state index contributed by atoms with van der Waals surface area (Å²) in [6.45, 7) is 11.5. The van der Waals surface area contributed by atoms with E-state index in [0.29, 0.717) is 35.2 Å². The summed E-state index contributed by atoms with van der Waals surface area (Å²) in [5, 5.41) is 22.5. The molecule has 2 fully saturated rings. The number of hydrogen-bond donors (Lipinski definition) is 5. The molecule has 0 radical (unpaired) electrons. The molecule has 1 saturated heterocycles. The quantitative estimate of drug-likeness (QED) is 0.211. The van der Waals surface area contributed by atoms with Gasteiger partial charge in [-0.15, -0.1) is 0 Å². The number of anilines is 2. The van der Waals surface area contributed by atoms with Gasteiger partial charge < -0.3 is 36.0 Å². The van der Waals surface area contributed by atoms with Crippen LogP contribution in [-0.4, -0.2) is 76.6 Å². The molecule has 1 aliphatic heterocycles. The highest BCUT2D eigenvalue weighted by atomic mass is 16.6. The number of aromatic amines is 1. The molecule has 0 spiro atoms. The Balaban J connectivity index is 1.07. The van der Waals surface area contributed by atoms with Crippen molar-refractivity contribution in [3.63, 3.8) is 0 Å². The van der Waals surface area contributed by atoms with Gasteiger partial charge in [-0.25, -0.2) is 15.0 Å². The zero-order valence-electron chi connectivity index (χ0n) is 25.2. The maximum atomic E-state index is 11.0. The molecule has 1 saturated carbocycles. The summed E-state index contributed by atoms with van der Waals surface area (Å²) in [5.41, 5.74) is 16.6. The number of imidazole rings is 1. The van der Waals surface area contributed by atoms with Crippen molar-refractivity contribution in [2.75, 3.05) is 18.0 Å². The molecule has 11 heteroatoms. The van der Waals surface area contributed by atoms with Crippen LogP contribution in [0.1, 0.15) is 71.5 Å². The third kappa shape index (κ3) is 5.23. The Morgan fingerprint density at radius 2 is 1.90 bits per heavy atom. The minimum Gasteiger partial charge on any atom is -0.397 e. The molecule has 11 nitrogen and oxygen atoms in total. The number of aromatic nitrogens is 5. The number of aliphatic hydroxyl groups is 2. The Kier molecular flexibility index (Phi) is 7.41. The maximum absolute atomic E-state index is 11.0. The highest BCUT2D eigenvalue weighted by molar-refractivity contribution is 5.97. The molecular weight excluding hydrogens is 532 g/mol. The molecule has 0 bridgehead atoms. The Hall–Kier alpha value is -3.25. The number of hydrogen-bond acceptors (Lipinski definition) is 9. The van der Waals surface area contributed by atoms with E-state index >= 15 is 0 Å². The molecule has 4 heterocycles. The van der Waals surface area contributed by atoms with Gasteiger partial charge in [-0.3, -0.25) is 4.90 Å². The van der Waals surface area contributed by atoms with Crippen LogP contribution in [0.25, 0.3) is 22.1 Å². The number of aryl methyl sites for hydroxylation is 1. The summed E-state index contributed by atoms with van der Waals surface area (Å²) >= 11 is 0. The number of nitrogens with one attached hydrogen (secondary N) is 1. The Labute approximate surface area is 246 Å². The predicted molar refractivity (Wildman–Crippen MR) is 164 cm³/mol. The molecule has 4 atom stereocenters. The Morgan fingerprint density at radius 3 is 2.62 bits per heavy atom. The first-order valence-corrected chi connectivity index (χ1v) is 15.0. The first kappa shape index (κ1) is 28.9.